The summed E-state index contributed by atoms with van der Waals surface area (Å²) in [5, 5.41) is 3.38. The molecule has 0 aliphatic carbocycles. The minimum atomic E-state index is -0.344. The maximum absolute atomic E-state index is 12.5. The second-order valence-corrected chi connectivity index (χ2v) is 8.60. The Kier molecular flexibility index (Phi) is 6.45. The van der Waals surface area contributed by atoms with Gasteiger partial charge in [-0.15, -0.1) is 0 Å². The van der Waals surface area contributed by atoms with E-state index in [0.29, 0.717) is 22.9 Å². The van der Waals surface area contributed by atoms with Crippen LogP contribution in [0, 0.1) is 0 Å². The number of rotatable bonds is 5. The van der Waals surface area contributed by atoms with Crippen molar-refractivity contribution in [3.05, 3.63) is 77.0 Å². The molecule has 5 nitrogen and oxygen atoms in total. The molecule has 0 unspecified atom stereocenters. The van der Waals surface area contributed by atoms with E-state index in [9.17, 15) is 9.59 Å². The minimum Gasteiger partial charge on any atom is -0.451 e. The van der Waals surface area contributed by atoms with Crippen LogP contribution in [0.2, 0.25) is 5.02 Å². The number of amides is 2. The molecule has 0 atom stereocenters. The molecule has 1 fully saturated rings. The van der Waals surface area contributed by atoms with E-state index in [1.807, 2.05) is 47.0 Å². The van der Waals surface area contributed by atoms with Crippen molar-refractivity contribution in [2.75, 3.05) is 29.9 Å². The lowest BCUT2D eigenvalue weighted by Gasteiger charge is -2.26. The van der Waals surface area contributed by atoms with Gasteiger partial charge in [0.1, 0.15) is 5.76 Å². The topological polar surface area (TPSA) is 62.6 Å². The Hall–Kier alpha value is -2.70. The van der Waals surface area contributed by atoms with Gasteiger partial charge in [-0.25, -0.2) is 0 Å². The highest BCUT2D eigenvalue weighted by Gasteiger charge is 2.17. The van der Waals surface area contributed by atoms with Gasteiger partial charge in [0.15, 0.2) is 5.76 Å². The number of anilines is 1. The molecule has 1 aromatic heterocycles. The summed E-state index contributed by atoms with van der Waals surface area (Å²) >= 11 is 8.07. The van der Waals surface area contributed by atoms with Gasteiger partial charge in [0, 0.05) is 35.8 Å². The predicted octanol–water partition coefficient (Wildman–Crippen LogP) is 4.97. The van der Waals surface area contributed by atoms with Crippen LogP contribution in [-0.4, -0.2) is 41.3 Å². The molecule has 1 aliphatic heterocycles. The summed E-state index contributed by atoms with van der Waals surface area (Å²) in [6.07, 6.45) is 0.373. The SMILES string of the molecule is O=C(Nc1ccc(CC(=O)N2CCSCC2)cc1)c1ccc(-c2ccccc2Cl)o1. The first-order valence-corrected chi connectivity index (χ1v) is 11.2. The fraction of sp³-hybridized carbons (Fsp3) is 0.217. The second kappa shape index (κ2) is 9.41. The van der Waals surface area contributed by atoms with Crippen LogP contribution in [0.25, 0.3) is 11.3 Å². The van der Waals surface area contributed by atoms with E-state index in [-0.39, 0.29) is 17.6 Å². The van der Waals surface area contributed by atoms with Crippen molar-refractivity contribution in [3.8, 4) is 11.3 Å². The lowest BCUT2D eigenvalue weighted by atomic mass is 10.1. The smallest absolute Gasteiger partial charge is 0.291 e. The van der Waals surface area contributed by atoms with Crippen LogP contribution in [0.5, 0.6) is 0 Å². The zero-order chi connectivity index (χ0) is 20.9. The van der Waals surface area contributed by atoms with Crippen LogP contribution in [0.1, 0.15) is 16.1 Å². The molecule has 0 radical (unpaired) electrons. The Balaban J connectivity index is 1.37. The molecule has 3 aromatic rings. The number of halogens is 1. The molecule has 1 aliphatic rings. The molecule has 1 saturated heterocycles. The summed E-state index contributed by atoms with van der Waals surface area (Å²) in [6.45, 7) is 1.63. The number of furan rings is 1. The fourth-order valence-corrected chi connectivity index (χ4v) is 4.40. The van der Waals surface area contributed by atoms with Crippen molar-refractivity contribution in [2.45, 2.75) is 6.42 Å². The van der Waals surface area contributed by atoms with Gasteiger partial charge in [0.25, 0.3) is 5.91 Å². The monoisotopic (exact) mass is 440 g/mol. The molecule has 0 spiro atoms. The Morgan fingerprint density at radius 1 is 1.00 bits per heavy atom. The molecule has 4 rings (SSSR count). The molecule has 30 heavy (non-hydrogen) atoms. The molecule has 0 saturated carbocycles. The van der Waals surface area contributed by atoms with Gasteiger partial charge in [-0.2, -0.15) is 11.8 Å². The molecule has 2 heterocycles. The molecule has 2 amide bonds. The lowest BCUT2D eigenvalue weighted by molar-refractivity contribution is -0.130. The minimum absolute atomic E-state index is 0.148. The Morgan fingerprint density at radius 3 is 2.47 bits per heavy atom. The molecule has 1 N–H and O–H groups in total. The summed E-state index contributed by atoms with van der Waals surface area (Å²) in [4.78, 5) is 26.8. The molecular formula is C23H21ClN2O3S. The molecular weight excluding hydrogens is 420 g/mol. The van der Waals surface area contributed by atoms with E-state index in [1.54, 1.807) is 30.3 Å². The number of hydrogen-bond donors (Lipinski definition) is 1. The van der Waals surface area contributed by atoms with E-state index < -0.39 is 0 Å². The zero-order valence-electron chi connectivity index (χ0n) is 16.3. The largest absolute Gasteiger partial charge is 0.451 e. The molecule has 154 valence electrons. The number of nitrogens with one attached hydrogen (secondary N) is 1. The van der Waals surface area contributed by atoms with Crippen LogP contribution >= 0.6 is 23.4 Å². The second-order valence-electron chi connectivity index (χ2n) is 6.96. The lowest BCUT2D eigenvalue weighted by Crippen LogP contribution is -2.38. The summed E-state index contributed by atoms with van der Waals surface area (Å²) in [6, 6.07) is 18.0. The summed E-state index contributed by atoms with van der Waals surface area (Å²) in [7, 11) is 0. The zero-order valence-corrected chi connectivity index (χ0v) is 17.8. The van der Waals surface area contributed by atoms with Crippen molar-refractivity contribution in [1.29, 1.82) is 0 Å². The summed E-state index contributed by atoms with van der Waals surface area (Å²) < 4.78 is 5.68. The van der Waals surface area contributed by atoms with E-state index in [2.05, 4.69) is 5.32 Å². The van der Waals surface area contributed by atoms with Gasteiger partial charge in [-0.3, -0.25) is 9.59 Å². The van der Waals surface area contributed by atoms with Crippen molar-refractivity contribution >= 4 is 40.9 Å². The van der Waals surface area contributed by atoms with Crippen molar-refractivity contribution in [1.82, 2.24) is 4.90 Å². The number of hydrogen-bond acceptors (Lipinski definition) is 4. The molecule has 7 heteroatoms. The average molecular weight is 441 g/mol. The number of benzene rings is 2. The first-order valence-electron chi connectivity index (χ1n) is 9.71. The maximum Gasteiger partial charge on any atom is 0.291 e. The van der Waals surface area contributed by atoms with Crippen molar-refractivity contribution in [3.63, 3.8) is 0 Å². The highest BCUT2D eigenvalue weighted by molar-refractivity contribution is 7.99. The van der Waals surface area contributed by atoms with Crippen LogP contribution in [-0.2, 0) is 11.2 Å². The van der Waals surface area contributed by atoms with E-state index >= 15 is 0 Å². The predicted molar refractivity (Wildman–Crippen MR) is 121 cm³/mol. The van der Waals surface area contributed by atoms with Crippen LogP contribution in [0.3, 0.4) is 0 Å². The average Bonchev–Trinajstić information content (AvgIpc) is 3.26. The number of carbonyl (C=O) groups is 2. The van der Waals surface area contributed by atoms with Crippen molar-refractivity contribution in [2.24, 2.45) is 0 Å². The van der Waals surface area contributed by atoms with Crippen LogP contribution < -0.4 is 5.32 Å². The summed E-state index contributed by atoms with van der Waals surface area (Å²) in [5.74, 6) is 2.55. The quantitative estimate of drug-likeness (QED) is 0.608. The van der Waals surface area contributed by atoms with E-state index in [0.717, 1.165) is 35.7 Å². The van der Waals surface area contributed by atoms with E-state index in [4.69, 9.17) is 16.0 Å². The fourth-order valence-electron chi connectivity index (χ4n) is 3.26. The Morgan fingerprint density at radius 2 is 1.73 bits per heavy atom. The summed E-state index contributed by atoms with van der Waals surface area (Å²) in [5.41, 5.74) is 2.30. The Bertz CT molecular complexity index is 1040. The maximum atomic E-state index is 12.5. The van der Waals surface area contributed by atoms with Crippen LogP contribution in [0.15, 0.2) is 65.1 Å². The van der Waals surface area contributed by atoms with Gasteiger partial charge in [-0.1, -0.05) is 35.9 Å². The normalized spacial score (nSPS) is 13.8. The van der Waals surface area contributed by atoms with Gasteiger partial charge in [0.2, 0.25) is 5.91 Å². The number of carbonyl (C=O) groups excluding carboxylic acids is 2. The number of nitrogens with zero attached hydrogens (tertiary/aromatic N) is 1. The van der Waals surface area contributed by atoms with Gasteiger partial charge in [0.05, 0.1) is 11.4 Å². The first-order chi connectivity index (χ1) is 14.6. The van der Waals surface area contributed by atoms with Gasteiger partial charge in [-0.05, 0) is 42.0 Å². The van der Waals surface area contributed by atoms with Gasteiger partial charge >= 0.3 is 0 Å². The highest BCUT2D eigenvalue weighted by atomic mass is 35.5. The first kappa shape index (κ1) is 20.6. The standard InChI is InChI=1S/C23H21ClN2O3S/c24-19-4-2-1-3-18(19)20-9-10-21(29-20)23(28)25-17-7-5-16(6-8-17)15-22(27)26-11-13-30-14-12-26/h1-10H,11-15H2,(H,25,28). The third-order valence-electron chi connectivity index (χ3n) is 4.90. The van der Waals surface area contributed by atoms with Crippen molar-refractivity contribution < 1.29 is 14.0 Å². The van der Waals surface area contributed by atoms with Gasteiger partial charge < -0.3 is 14.6 Å². The Labute approximate surface area is 184 Å². The van der Waals surface area contributed by atoms with E-state index in [1.165, 1.54) is 0 Å². The van der Waals surface area contributed by atoms with Crippen LogP contribution in [0.4, 0.5) is 5.69 Å². The number of thioether (sulfide) groups is 1. The highest BCUT2D eigenvalue weighted by Crippen LogP contribution is 2.29. The third kappa shape index (κ3) is 4.89. The molecule has 2 aromatic carbocycles. The third-order valence-corrected chi connectivity index (χ3v) is 6.17. The molecule has 0 bridgehead atoms.